The number of benzene rings is 1. The highest BCUT2D eigenvalue weighted by molar-refractivity contribution is 7.89. The Bertz CT molecular complexity index is 1110. The first-order chi connectivity index (χ1) is 14.2. The van der Waals surface area contributed by atoms with E-state index in [2.05, 4.69) is 30.3 Å². The minimum atomic E-state index is -3.59. The van der Waals surface area contributed by atoms with Crippen LogP contribution in [0.1, 0.15) is 22.5 Å². The number of sulfonamides is 1. The van der Waals surface area contributed by atoms with Gasteiger partial charge in [-0.05, 0) is 51.0 Å². The Morgan fingerprint density at radius 3 is 2.23 bits per heavy atom. The third kappa shape index (κ3) is 5.52. The van der Waals surface area contributed by atoms with Gasteiger partial charge in [0.1, 0.15) is 23.3 Å². The van der Waals surface area contributed by atoms with Crippen LogP contribution in [-0.4, -0.2) is 36.5 Å². The standard InChI is InChI=1S/C21H26N6O2S/c1-14-11-15(2)21(16(3)12-14)30(28,29)24-10-9-23-19-13-20(26-17(4)25-19)27-18-7-5-6-8-22-18/h5-8,11-13,24H,9-10H2,1-4H3,(H2,22,23,25,26,27). The smallest absolute Gasteiger partial charge is 0.241 e. The van der Waals surface area contributed by atoms with Crippen molar-refractivity contribution in [2.24, 2.45) is 0 Å². The normalized spacial score (nSPS) is 11.3. The van der Waals surface area contributed by atoms with Crippen LogP contribution in [0.15, 0.2) is 47.5 Å². The highest BCUT2D eigenvalue weighted by atomic mass is 32.2. The molecule has 3 rings (SSSR count). The molecule has 0 aliphatic heterocycles. The van der Waals surface area contributed by atoms with E-state index in [1.54, 1.807) is 19.2 Å². The zero-order valence-electron chi connectivity index (χ0n) is 17.5. The molecule has 0 fully saturated rings. The number of rotatable bonds is 8. The van der Waals surface area contributed by atoms with Crippen molar-refractivity contribution in [3.8, 4) is 0 Å². The van der Waals surface area contributed by atoms with Crippen LogP contribution in [0.25, 0.3) is 0 Å². The van der Waals surface area contributed by atoms with E-state index in [0.29, 0.717) is 34.7 Å². The summed E-state index contributed by atoms with van der Waals surface area (Å²) in [5, 5.41) is 6.26. The first-order valence-electron chi connectivity index (χ1n) is 9.60. The first-order valence-corrected chi connectivity index (χ1v) is 11.1. The van der Waals surface area contributed by atoms with E-state index >= 15 is 0 Å². The average Bonchev–Trinajstić information content (AvgIpc) is 2.64. The summed E-state index contributed by atoms with van der Waals surface area (Å²) in [6.45, 7) is 7.97. The van der Waals surface area contributed by atoms with Crippen molar-refractivity contribution in [3.63, 3.8) is 0 Å². The Labute approximate surface area is 177 Å². The lowest BCUT2D eigenvalue weighted by molar-refractivity contribution is 0.581. The molecular weight excluding hydrogens is 400 g/mol. The van der Waals surface area contributed by atoms with Gasteiger partial charge in [0.25, 0.3) is 0 Å². The molecule has 1 aromatic carbocycles. The van der Waals surface area contributed by atoms with Crippen LogP contribution in [-0.2, 0) is 10.0 Å². The maximum absolute atomic E-state index is 12.7. The fourth-order valence-corrected chi connectivity index (χ4v) is 4.81. The zero-order valence-corrected chi connectivity index (χ0v) is 18.3. The number of anilines is 3. The number of pyridine rings is 1. The Kier molecular flexibility index (Phi) is 6.63. The lowest BCUT2D eigenvalue weighted by Gasteiger charge is -2.14. The molecule has 8 nitrogen and oxygen atoms in total. The van der Waals surface area contributed by atoms with Crippen molar-refractivity contribution in [1.29, 1.82) is 0 Å². The van der Waals surface area contributed by atoms with Gasteiger partial charge in [-0.2, -0.15) is 0 Å². The largest absolute Gasteiger partial charge is 0.369 e. The minimum absolute atomic E-state index is 0.223. The van der Waals surface area contributed by atoms with Crippen LogP contribution in [0.5, 0.6) is 0 Å². The number of nitrogens with zero attached hydrogens (tertiary/aromatic N) is 3. The third-order valence-corrected chi connectivity index (χ3v) is 6.12. The van der Waals surface area contributed by atoms with Gasteiger partial charge in [-0.15, -0.1) is 0 Å². The predicted octanol–water partition coefficient (Wildman–Crippen LogP) is 3.24. The maximum Gasteiger partial charge on any atom is 0.241 e. The third-order valence-electron chi connectivity index (χ3n) is 4.36. The zero-order chi connectivity index (χ0) is 21.7. The van der Waals surface area contributed by atoms with Gasteiger partial charge in [-0.25, -0.2) is 28.1 Å². The Morgan fingerprint density at radius 1 is 0.867 bits per heavy atom. The van der Waals surface area contributed by atoms with Crippen LogP contribution >= 0.6 is 0 Å². The summed E-state index contributed by atoms with van der Waals surface area (Å²) in [6.07, 6.45) is 1.69. The van der Waals surface area contributed by atoms with Crippen LogP contribution < -0.4 is 15.4 Å². The molecule has 3 aromatic rings. The molecule has 0 amide bonds. The van der Waals surface area contributed by atoms with Gasteiger partial charge >= 0.3 is 0 Å². The van der Waals surface area contributed by atoms with Gasteiger partial charge in [0.05, 0.1) is 4.90 Å². The van der Waals surface area contributed by atoms with Crippen LogP contribution in [0.3, 0.4) is 0 Å². The summed E-state index contributed by atoms with van der Waals surface area (Å²) in [7, 11) is -3.59. The molecule has 0 radical (unpaired) electrons. The number of aryl methyl sites for hydroxylation is 4. The number of nitrogens with one attached hydrogen (secondary N) is 3. The van der Waals surface area contributed by atoms with E-state index in [4.69, 9.17) is 0 Å². The van der Waals surface area contributed by atoms with Crippen LogP contribution in [0.2, 0.25) is 0 Å². The van der Waals surface area contributed by atoms with Gasteiger partial charge < -0.3 is 10.6 Å². The van der Waals surface area contributed by atoms with Gasteiger partial charge in [0.15, 0.2) is 0 Å². The number of aromatic nitrogens is 3. The van der Waals surface area contributed by atoms with E-state index in [1.165, 1.54) is 0 Å². The van der Waals surface area contributed by atoms with E-state index in [0.717, 1.165) is 16.7 Å². The maximum atomic E-state index is 12.7. The Hall–Kier alpha value is -3.04. The fourth-order valence-electron chi connectivity index (χ4n) is 3.33. The van der Waals surface area contributed by atoms with Crippen molar-refractivity contribution >= 4 is 27.5 Å². The molecule has 0 unspecified atom stereocenters. The second-order valence-electron chi connectivity index (χ2n) is 7.08. The molecule has 9 heteroatoms. The summed E-state index contributed by atoms with van der Waals surface area (Å²) in [4.78, 5) is 13.3. The fraction of sp³-hybridized carbons (Fsp3) is 0.286. The van der Waals surface area contributed by atoms with Crippen molar-refractivity contribution in [2.75, 3.05) is 23.7 Å². The lowest BCUT2D eigenvalue weighted by atomic mass is 10.1. The SMILES string of the molecule is Cc1cc(C)c(S(=O)(=O)NCCNc2cc(Nc3ccccn3)nc(C)n2)c(C)c1. The lowest BCUT2D eigenvalue weighted by Crippen LogP contribution is -2.30. The summed E-state index contributed by atoms with van der Waals surface area (Å²) in [6, 6.07) is 11.1. The summed E-state index contributed by atoms with van der Waals surface area (Å²) >= 11 is 0. The molecule has 158 valence electrons. The number of hydrogen-bond acceptors (Lipinski definition) is 7. The molecule has 3 N–H and O–H groups in total. The average molecular weight is 427 g/mol. The Balaban J connectivity index is 1.61. The van der Waals surface area contributed by atoms with Gasteiger partial charge in [-0.1, -0.05) is 23.8 Å². The Morgan fingerprint density at radius 2 is 1.57 bits per heavy atom. The van der Waals surface area contributed by atoms with Crippen molar-refractivity contribution < 1.29 is 8.42 Å². The van der Waals surface area contributed by atoms with Crippen molar-refractivity contribution in [3.05, 3.63) is 65.1 Å². The summed E-state index contributed by atoms with van der Waals surface area (Å²) in [5.41, 5.74) is 2.52. The number of hydrogen-bond donors (Lipinski definition) is 3. The van der Waals surface area contributed by atoms with E-state index in [9.17, 15) is 8.42 Å². The van der Waals surface area contributed by atoms with Crippen molar-refractivity contribution in [2.45, 2.75) is 32.6 Å². The monoisotopic (exact) mass is 426 g/mol. The van der Waals surface area contributed by atoms with Gasteiger partial charge in [0.2, 0.25) is 10.0 Å². The first kappa shape index (κ1) is 21.7. The molecular formula is C21H26N6O2S. The van der Waals surface area contributed by atoms with E-state index < -0.39 is 10.0 Å². The molecule has 0 spiro atoms. The van der Waals surface area contributed by atoms with Crippen molar-refractivity contribution in [1.82, 2.24) is 19.7 Å². The summed E-state index contributed by atoms with van der Waals surface area (Å²) < 4.78 is 28.1. The quantitative estimate of drug-likeness (QED) is 0.475. The molecule has 2 aromatic heterocycles. The molecule has 0 aliphatic carbocycles. The second kappa shape index (κ2) is 9.19. The molecule has 0 bridgehead atoms. The molecule has 30 heavy (non-hydrogen) atoms. The van der Waals surface area contributed by atoms with E-state index in [1.807, 2.05) is 51.1 Å². The van der Waals surface area contributed by atoms with E-state index in [-0.39, 0.29) is 6.54 Å². The molecule has 2 heterocycles. The molecule has 0 saturated heterocycles. The second-order valence-corrected chi connectivity index (χ2v) is 8.78. The van der Waals surface area contributed by atoms with Gasteiger partial charge in [0, 0.05) is 25.4 Å². The highest BCUT2D eigenvalue weighted by Crippen LogP contribution is 2.21. The van der Waals surface area contributed by atoms with Gasteiger partial charge in [-0.3, -0.25) is 0 Å². The topological polar surface area (TPSA) is 109 Å². The molecule has 0 saturated carbocycles. The minimum Gasteiger partial charge on any atom is -0.369 e. The molecule has 0 aliphatic rings. The predicted molar refractivity (Wildman–Crippen MR) is 119 cm³/mol. The van der Waals surface area contributed by atoms with Crippen LogP contribution in [0, 0.1) is 27.7 Å². The molecule has 0 atom stereocenters. The van der Waals surface area contributed by atoms with Crippen LogP contribution in [0.4, 0.5) is 17.5 Å². The summed E-state index contributed by atoms with van der Waals surface area (Å²) in [5.74, 6) is 2.47. The highest BCUT2D eigenvalue weighted by Gasteiger charge is 2.19.